The van der Waals surface area contributed by atoms with Gasteiger partial charge in [0, 0.05) is 0 Å². The number of rotatable bonds is 11. The molecule has 0 nitrogen and oxygen atoms in total. The molecule has 0 saturated heterocycles. The topological polar surface area (TPSA) is 0 Å². The molecule has 166 valence electrons. The van der Waals surface area contributed by atoms with Gasteiger partial charge in [-0.1, -0.05) is 94.1 Å². The number of benzene rings is 1. The molecular weight excluding hydrogens is 406 g/mol. The highest BCUT2D eigenvalue weighted by Gasteiger charge is 2.38. The van der Waals surface area contributed by atoms with Crippen LogP contribution in [0.2, 0.25) is 13.1 Å². The van der Waals surface area contributed by atoms with Crippen molar-refractivity contribution in [1.29, 1.82) is 0 Å². The van der Waals surface area contributed by atoms with Crippen molar-refractivity contribution < 1.29 is 26.3 Å². The maximum atomic E-state index is 13.1. The molecule has 0 radical (unpaired) electrons. The first-order valence-electron chi connectivity index (χ1n) is 10.4. The van der Waals surface area contributed by atoms with Crippen molar-refractivity contribution in [3.63, 3.8) is 0 Å². The fourth-order valence-corrected chi connectivity index (χ4v) is 5.20. The Bertz CT molecular complexity index is 611. The van der Waals surface area contributed by atoms with Crippen LogP contribution in [0, 0.1) is 0 Å². The first-order valence-corrected chi connectivity index (χ1v) is 13.4. The average Bonchev–Trinajstić information content (AvgIpc) is 2.61. The van der Waals surface area contributed by atoms with Gasteiger partial charge in [0.05, 0.1) is 11.1 Å². The average molecular weight is 439 g/mol. The molecule has 0 saturated carbocycles. The van der Waals surface area contributed by atoms with Gasteiger partial charge in [-0.05, 0) is 18.9 Å². The largest absolute Gasteiger partial charge is 0.416 e. The highest BCUT2D eigenvalue weighted by atomic mass is 28.3. The van der Waals surface area contributed by atoms with Crippen molar-refractivity contribution in [3.8, 4) is 0 Å². The van der Waals surface area contributed by atoms with Gasteiger partial charge in [-0.2, -0.15) is 26.3 Å². The highest BCUT2D eigenvalue weighted by molar-refractivity contribution is 6.94. The molecule has 0 spiro atoms. The summed E-state index contributed by atoms with van der Waals surface area (Å²) in [5, 5.41) is 0.145. The summed E-state index contributed by atoms with van der Waals surface area (Å²) < 4.78 is 78.5. The van der Waals surface area contributed by atoms with E-state index in [1.54, 1.807) is 13.1 Å². The predicted octanol–water partition coefficient (Wildman–Crippen LogP) is 8.27. The Hall–Kier alpha value is -1.24. The summed E-state index contributed by atoms with van der Waals surface area (Å²) in [7, 11) is -2.57. The van der Waals surface area contributed by atoms with Gasteiger partial charge < -0.3 is 0 Å². The molecule has 0 fully saturated rings. The van der Waals surface area contributed by atoms with Crippen LogP contribution in [0.15, 0.2) is 30.0 Å². The number of unbranched alkanes of at least 4 members (excludes halogenated alkanes) is 8. The minimum Gasteiger partial charge on any atom is -0.166 e. The monoisotopic (exact) mass is 438 g/mol. The molecule has 1 aromatic rings. The van der Waals surface area contributed by atoms with E-state index in [1.807, 2.05) is 11.8 Å². The van der Waals surface area contributed by atoms with Crippen LogP contribution in [0.4, 0.5) is 26.3 Å². The standard InChI is InChI=1S/C22H32F6Si/c1-4-5-6-7-8-9-10-11-12-13-14-29(2,3)20-16-18(21(23,24)25)15-19(17-20)22(26,27)28/h13-17H,4-12H2,1-3H3/b14-13+. The fourth-order valence-electron chi connectivity index (χ4n) is 3.20. The summed E-state index contributed by atoms with van der Waals surface area (Å²) in [6.07, 6.45) is 2.61. The second-order valence-corrected chi connectivity index (χ2v) is 12.5. The lowest BCUT2D eigenvalue weighted by molar-refractivity contribution is -0.142. The summed E-state index contributed by atoms with van der Waals surface area (Å²) >= 11 is 0. The minimum absolute atomic E-state index is 0.145. The smallest absolute Gasteiger partial charge is 0.166 e. The van der Waals surface area contributed by atoms with E-state index in [-0.39, 0.29) is 11.3 Å². The molecule has 0 amide bonds. The molecule has 0 heterocycles. The number of hydrogen-bond donors (Lipinski definition) is 0. The Morgan fingerprint density at radius 1 is 0.724 bits per heavy atom. The molecular formula is C22H32F6Si. The molecule has 0 aliphatic heterocycles. The highest BCUT2D eigenvalue weighted by Crippen LogP contribution is 2.35. The van der Waals surface area contributed by atoms with E-state index in [0.717, 1.165) is 31.4 Å². The zero-order valence-electron chi connectivity index (χ0n) is 17.5. The van der Waals surface area contributed by atoms with Crippen LogP contribution in [0.5, 0.6) is 0 Å². The molecule has 0 aliphatic carbocycles. The number of halogens is 6. The van der Waals surface area contributed by atoms with E-state index < -0.39 is 31.6 Å². The summed E-state index contributed by atoms with van der Waals surface area (Å²) in [6, 6.07) is 1.95. The Balaban J connectivity index is 2.72. The molecule has 7 heteroatoms. The van der Waals surface area contributed by atoms with Crippen molar-refractivity contribution in [2.45, 2.75) is 90.2 Å². The van der Waals surface area contributed by atoms with Crippen molar-refractivity contribution in [2.24, 2.45) is 0 Å². The summed E-state index contributed by atoms with van der Waals surface area (Å²) in [5.74, 6) is 0. The quantitative estimate of drug-likeness (QED) is 0.185. The Kier molecular flexibility index (Phi) is 9.99. The lowest BCUT2D eigenvalue weighted by Crippen LogP contribution is -2.41. The third-order valence-corrected chi connectivity index (χ3v) is 7.94. The summed E-state index contributed by atoms with van der Waals surface area (Å²) in [5.41, 5.74) is -0.622. The molecule has 0 unspecified atom stereocenters. The van der Waals surface area contributed by atoms with Gasteiger partial charge >= 0.3 is 12.4 Å². The molecule has 0 bridgehead atoms. The van der Waals surface area contributed by atoms with Gasteiger partial charge in [-0.25, -0.2) is 0 Å². The molecule has 0 aromatic heterocycles. The van der Waals surface area contributed by atoms with E-state index in [1.165, 1.54) is 38.5 Å². The van der Waals surface area contributed by atoms with Gasteiger partial charge in [0.25, 0.3) is 0 Å². The van der Waals surface area contributed by atoms with E-state index in [0.29, 0.717) is 0 Å². The van der Waals surface area contributed by atoms with Crippen LogP contribution in [-0.2, 0) is 12.4 Å². The van der Waals surface area contributed by atoms with Crippen LogP contribution in [0.25, 0.3) is 0 Å². The second kappa shape index (κ2) is 11.2. The predicted molar refractivity (Wildman–Crippen MR) is 110 cm³/mol. The minimum atomic E-state index is -4.80. The van der Waals surface area contributed by atoms with Gasteiger partial charge in [-0.15, -0.1) is 0 Å². The van der Waals surface area contributed by atoms with Gasteiger partial charge in [0.1, 0.15) is 8.07 Å². The van der Waals surface area contributed by atoms with Crippen LogP contribution >= 0.6 is 0 Å². The zero-order valence-corrected chi connectivity index (χ0v) is 18.5. The van der Waals surface area contributed by atoms with Crippen LogP contribution in [-0.4, -0.2) is 8.07 Å². The Morgan fingerprint density at radius 3 is 1.62 bits per heavy atom. The van der Waals surface area contributed by atoms with E-state index >= 15 is 0 Å². The Morgan fingerprint density at radius 2 is 1.17 bits per heavy atom. The maximum absolute atomic E-state index is 13.1. The molecule has 0 aliphatic rings. The fraction of sp³-hybridized carbons (Fsp3) is 0.636. The molecule has 0 N–H and O–H groups in total. The molecule has 1 aromatic carbocycles. The Labute approximate surface area is 171 Å². The van der Waals surface area contributed by atoms with Crippen molar-refractivity contribution in [2.75, 3.05) is 0 Å². The normalized spacial score (nSPS) is 13.4. The molecule has 1 rings (SSSR count). The van der Waals surface area contributed by atoms with Crippen molar-refractivity contribution >= 4 is 13.3 Å². The summed E-state index contributed by atoms with van der Waals surface area (Å²) in [6.45, 7) is 5.72. The van der Waals surface area contributed by atoms with E-state index in [4.69, 9.17) is 0 Å². The van der Waals surface area contributed by atoms with E-state index in [9.17, 15) is 26.3 Å². The summed E-state index contributed by atoms with van der Waals surface area (Å²) in [4.78, 5) is 0. The lowest BCUT2D eigenvalue weighted by Gasteiger charge is -2.22. The zero-order chi connectivity index (χ0) is 22.1. The number of alkyl halides is 6. The first-order chi connectivity index (χ1) is 13.4. The van der Waals surface area contributed by atoms with E-state index in [2.05, 4.69) is 6.92 Å². The number of hydrogen-bond acceptors (Lipinski definition) is 0. The van der Waals surface area contributed by atoms with Crippen molar-refractivity contribution in [3.05, 3.63) is 41.1 Å². The van der Waals surface area contributed by atoms with Gasteiger partial charge in [0.15, 0.2) is 0 Å². The van der Waals surface area contributed by atoms with Gasteiger partial charge in [0.2, 0.25) is 0 Å². The van der Waals surface area contributed by atoms with Crippen LogP contribution < -0.4 is 5.19 Å². The lowest BCUT2D eigenvalue weighted by atomic mass is 10.1. The number of allylic oxidation sites excluding steroid dienone is 1. The van der Waals surface area contributed by atoms with Gasteiger partial charge in [-0.3, -0.25) is 0 Å². The molecule has 0 atom stereocenters. The molecule has 29 heavy (non-hydrogen) atoms. The first kappa shape index (κ1) is 25.8. The second-order valence-electron chi connectivity index (χ2n) is 8.18. The van der Waals surface area contributed by atoms with Crippen LogP contribution in [0.3, 0.4) is 0 Å². The third kappa shape index (κ3) is 9.41. The SMILES string of the molecule is CCCCCCCCCC/C=C/[Si](C)(C)c1cc(C(F)(F)F)cc(C(F)(F)F)c1. The third-order valence-electron chi connectivity index (χ3n) is 5.09. The van der Waals surface area contributed by atoms with Crippen molar-refractivity contribution in [1.82, 2.24) is 0 Å². The maximum Gasteiger partial charge on any atom is 0.416 e. The van der Waals surface area contributed by atoms with Crippen LogP contribution in [0.1, 0.15) is 75.8 Å².